The van der Waals surface area contributed by atoms with Gasteiger partial charge in [0.1, 0.15) is 31.0 Å². The Bertz CT molecular complexity index is 1840. The molecule has 52 heavy (non-hydrogen) atoms. The van der Waals surface area contributed by atoms with Crippen LogP contribution in [0.3, 0.4) is 0 Å². The molecule has 1 saturated heterocycles. The van der Waals surface area contributed by atoms with Crippen molar-refractivity contribution < 1.29 is 28.9 Å². The minimum atomic E-state index is -0.523. The van der Waals surface area contributed by atoms with E-state index in [1.807, 2.05) is 79.7 Å². The molecule has 1 N–H and O–H groups in total. The fourth-order valence-electron chi connectivity index (χ4n) is 5.59. The van der Waals surface area contributed by atoms with E-state index < -0.39 is 6.23 Å². The lowest BCUT2D eigenvalue weighted by Gasteiger charge is -2.31. The highest BCUT2D eigenvalue weighted by atomic mass is 35.5. The number of amides is 2. The number of cyclic esters (lactones) is 1. The van der Waals surface area contributed by atoms with Crippen LogP contribution in [0.25, 0.3) is 0 Å². The van der Waals surface area contributed by atoms with E-state index >= 15 is 0 Å². The number of phenols is 1. The molecular formula is C39H39Cl3N4O6. The van der Waals surface area contributed by atoms with Crippen LogP contribution < -0.4 is 9.47 Å². The van der Waals surface area contributed by atoms with Gasteiger partial charge >= 0.3 is 12.1 Å². The molecule has 4 aromatic carbocycles. The van der Waals surface area contributed by atoms with Gasteiger partial charge in [-0.1, -0.05) is 102 Å². The third kappa shape index (κ3) is 10.8. The molecule has 1 fully saturated rings. The van der Waals surface area contributed by atoms with Crippen LogP contribution in [0.1, 0.15) is 24.5 Å². The SMILES string of the molecule is CCCN(CCOc1c(Cl)cc(Cl)cc1Cl)C(=O)n1ccnc1.O=C1OC[C@H](Cc2ccccc2)N1[C@H](Cc1ccc(O)cc1)Oc1ccccc1. The highest BCUT2D eigenvalue weighted by Crippen LogP contribution is 2.35. The number of para-hydroxylation sites is 1. The Hall–Kier alpha value is -4.90. The van der Waals surface area contributed by atoms with E-state index in [2.05, 4.69) is 4.98 Å². The maximum Gasteiger partial charge on any atom is 0.413 e. The monoisotopic (exact) mass is 764 g/mol. The second-order valence-electron chi connectivity index (χ2n) is 11.9. The molecule has 2 atom stereocenters. The summed E-state index contributed by atoms with van der Waals surface area (Å²) >= 11 is 18.0. The van der Waals surface area contributed by atoms with E-state index in [0.29, 0.717) is 59.1 Å². The first-order valence-corrected chi connectivity index (χ1v) is 17.9. The van der Waals surface area contributed by atoms with Crippen LogP contribution in [0.2, 0.25) is 15.1 Å². The average Bonchev–Trinajstić information content (AvgIpc) is 3.81. The van der Waals surface area contributed by atoms with Crippen LogP contribution in [-0.2, 0) is 17.6 Å². The molecule has 0 radical (unpaired) electrons. The molecule has 13 heteroatoms. The van der Waals surface area contributed by atoms with Gasteiger partial charge in [-0.2, -0.15) is 0 Å². The van der Waals surface area contributed by atoms with E-state index in [4.69, 9.17) is 49.0 Å². The normalized spacial score (nSPS) is 14.2. The summed E-state index contributed by atoms with van der Waals surface area (Å²) in [7, 11) is 0. The number of carbonyl (C=O) groups excluding carboxylic acids is 2. The lowest BCUT2D eigenvalue weighted by molar-refractivity contribution is 0.0393. The van der Waals surface area contributed by atoms with Gasteiger partial charge in [0.05, 0.1) is 22.6 Å². The first-order valence-electron chi connectivity index (χ1n) is 16.7. The molecule has 6 rings (SSSR count). The maximum absolute atomic E-state index is 12.6. The zero-order valence-electron chi connectivity index (χ0n) is 28.5. The average molecular weight is 766 g/mol. The molecule has 0 spiro atoms. The first-order chi connectivity index (χ1) is 25.2. The molecule has 1 aromatic heterocycles. The highest BCUT2D eigenvalue weighted by molar-refractivity contribution is 6.40. The summed E-state index contributed by atoms with van der Waals surface area (Å²) in [5.74, 6) is 1.26. The Morgan fingerprint density at radius 1 is 0.962 bits per heavy atom. The minimum absolute atomic E-state index is 0.115. The number of imidazole rings is 1. The van der Waals surface area contributed by atoms with Gasteiger partial charge in [-0.05, 0) is 60.4 Å². The number of aromatic nitrogens is 2. The number of hydrogen-bond acceptors (Lipinski definition) is 7. The third-order valence-electron chi connectivity index (χ3n) is 8.05. The number of ether oxygens (including phenoxy) is 3. The molecule has 10 nitrogen and oxygen atoms in total. The number of benzene rings is 4. The topological polar surface area (TPSA) is 106 Å². The number of phenolic OH excluding ortho intramolecular Hbond substituents is 1. The van der Waals surface area contributed by atoms with Crippen LogP contribution in [0.15, 0.2) is 116 Å². The second kappa shape index (κ2) is 19.1. The summed E-state index contributed by atoms with van der Waals surface area (Å²) in [6.45, 7) is 3.62. The van der Waals surface area contributed by atoms with Gasteiger partial charge in [-0.3, -0.25) is 9.47 Å². The molecule has 1 aliphatic rings. The van der Waals surface area contributed by atoms with Gasteiger partial charge in [0.15, 0.2) is 12.0 Å². The lowest BCUT2D eigenvalue weighted by Crippen LogP contribution is -2.47. The van der Waals surface area contributed by atoms with Crippen LogP contribution in [0.5, 0.6) is 17.2 Å². The van der Waals surface area contributed by atoms with Crippen molar-refractivity contribution in [3.63, 3.8) is 0 Å². The van der Waals surface area contributed by atoms with Crippen LogP contribution >= 0.6 is 34.8 Å². The summed E-state index contributed by atoms with van der Waals surface area (Å²) in [4.78, 5) is 32.2. The molecule has 0 saturated carbocycles. The predicted molar refractivity (Wildman–Crippen MR) is 202 cm³/mol. The molecule has 2 amide bonds. The number of halogens is 3. The van der Waals surface area contributed by atoms with Gasteiger partial charge in [0, 0.05) is 30.4 Å². The first kappa shape index (κ1) is 38.3. The molecule has 0 aliphatic carbocycles. The van der Waals surface area contributed by atoms with Crippen molar-refractivity contribution in [3.05, 3.63) is 142 Å². The number of hydrogen-bond donors (Lipinski definition) is 1. The molecule has 0 unspecified atom stereocenters. The van der Waals surface area contributed by atoms with Crippen LogP contribution in [0.4, 0.5) is 9.59 Å². The smallest absolute Gasteiger partial charge is 0.413 e. The fourth-order valence-corrected chi connectivity index (χ4v) is 6.51. The number of rotatable bonds is 13. The highest BCUT2D eigenvalue weighted by Gasteiger charge is 2.39. The van der Waals surface area contributed by atoms with Crippen molar-refractivity contribution in [3.8, 4) is 17.2 Å². The molecule has 0 bridgehead atoms. The summed E-state index contributed by atoms with van der Waals surface area (Å²) in [6.07, 6.45) is 5.76. The van der Waals surface area contributed by atoms with Crippen molar-refractivity contribution in [2.24, 2.45) is 0 Å². The van der Waals surface area contributed by atoms with Crippen molar-refractivity contribution in [1.82, 2.24) is 19.4 Å². The van der Waals surface area contributed by atoms with Gasteiger partial charge in [0.25, 0.3) is 0 Å². The van der Waals surface area contributed by atoms with Crippen molar-refractivity contribution in [2.75, 3.05) is 26.3 Å². The molecule has 2 heterocycles. The Morgan fingerprint density at radius 3 is 2.27 bits per heavy atom. The number of aromatic hydroxyl groups is 1. The van der Waals surface area contributed by atoms with E-state index in [1.54, 1.807) is 46.5 Å². The van der Waals surface area contributed by atoms with Gasteiger partial charge in [-0.25, -0.2) is 14.6 Å². The number of carbonyl (C=O) groups is 2. The summed E-state index contributed by atoms with van der Waals surface area (Å²) in [5, 5.41) is 10.7. The zero-order valence-corrected chi connectivity index (χ0v) is 30.8. The van der Waals surface area contributed by atoms with E-state index in [0.717, 1.165) is 17.5 Å². The Kier molecular flexibility index (Phi) is 14.1. The largest absolute Gasteiger partial charge is 0.508 e. The third-order valence-corrected chi connectivity index (χ3v) is 8.83. The van der Waals surface area contributed by atoms with E-state index in [1.165, 1.54) is 10.9 Å². The number of nitrogens with zero attached hydrogens (tertiary/aromatic N) is 4. The Morgan fingerprint density at radius 2 is 1.63 bits per heavy atom. The van der Waals surface area contributed by atoms with Crippen LogP contribution in [0, 0.1) is 0 Å². The quantitative estimate of drug-likeness (QED) is 0.128. The van der Waals surface area contributed by atoms with Gasteiger partial charge < -0.3 is 24.2 Å². The molecule has 1 aliphatic heterocycles. The van der Waals surface area contributed by atoms with Crippen molar-refractivity contribution in [1.29, 1.82) is 0 Å². The molecule has 272 valence electrons. The summed E-state index contributed by atoms with van der Waals surface area (Å²) < 4.78 is 18.7. The van der Waals surface area contributed by atoms with Gasteiger partial charge in [-0.15, -0.1) is 0 Å². The standard InChI is InChI=1S/C24H23NO4.C15H16Cl3N3O2/c26-21-13-11-19(12-14-21)16-23(29-22-9-5-2-6-10-22)25-20(17-28-24(25)27)15-18-7-3-1-4-8-18;1-2-4-20(15(22)21-5-3-19-10-21)6-7-23-14-12(17)8-11(16)9-13(14)18/h1-14,20,23,26H,15-17H2;3,5,8-10H,2,4,6-7H2,1H3/t20-,23-;/m0./s1. The summed E-state index contributed by atoms with van der Waals surface area (Å²) in [5.41, 5.74) is 2.10. The summed E-state index contributed by atoms with van der Waals surface area (Å²) in [6, 6.07) is 29.3. The molecular weight excluding hydrogens is 727 g/mol. The fraction of sp³-hybridized carbons (Fsp3) is 0.256. The zero-order chi connectivity index (χ0) is 36.9. The lowest BCUT2D eigenvalue weighted by atomic mass is 10.0. The maximum atomic E-state index is 12.6. The Labute approximate surface area is 318 Å². The predicted octanol–water partition coefficient (Wildman–Crippen LogP) is 9.01. The van der Waals surface area contributed by atoms with Crippen molar-refractivity contribution in [2.45, 2.75) is 38.5 Å². The van der Waals surface area contributed by atoms with E-state index in [9.17, 15) is 14.7 Å². The van der Waals surface area contributed by atoms with Crippen molar-refractivity contribution >= 4 is 46.9 Å². The van der Waals surface area contributed by atoms with E-state index in [-0.39, 0.29) is 30.5 Å². The molecule has 5 aromatic rings. The Balaban J connectivity index is 0.000000207. The second-order valence-corrected chi connectivity index (χ2v) is 13.1. The minimum Gasteiger partial charge on any atom is -0.508 e. The van der Waals surface area contributed by atoms with Gasteiger partial charge in [0.2, 0.25) is 0 Å². The van der Waals surface area contributed by atoms with Crippen LogP contribution in [-0.4, -0.2) is 75.2 Å².